The van der Waals surface area contributed by atoms with E-state index in [0.717, 1.165) is 5.69 Å². The number of hydrogen-bond donors (Lipinski definition) is 2. The lowest BCUT2D eigenvalue weighted by Crippen LogP contribution is -2.11. The van der Waals surface area contributed by atoms with E-state index in [0.29, 0.717) is 21.4 Å². The first-order valence-electron chi connectivity index (χ1n) is 6.83. The second-order valence-corrected chi connectivity index (χ2v) is 8.48. The van der Waals surface area contributed by atoms with Gasteiger partial charge in [-0.2, -0.15) is 0 Å². The van der Waals surface area contributed by atoms with E-state index in [1.165, 1.54) is 11.3 Å². The molecular formula is C16H12Cl2N2O2S2. The topological polar surface area (TPSA) is 58.2 Å². The van der Waals surface area contributed by atoms with Gasteiger partial charge in [-0.1, -0.05) is 35.3 Å². The molecule has 1 aromatic heterocycles. The number of halogens is 2. The highest BCUT2D eigenvalue weighted by molar-refractivity contribution is 7.94. The Balaban J connectivity index is 1.75. The predicted octanol–water partition coefficient (Wildman–Crippen LogP) is 5.60. The number of rotatable bonds is 5. The van der Waals surface area contributed by atoms with Crippen molar-refractivity contribution in [3.05, 3.63) is 70.0 Å². The Labute approximate surface area is 154 Å². The third kappa shape index (κ3) is 3.84. The summed E-state index contributed by atoms with van der Waals surface area (Å²) in [6.07, 6.45) is 0. The van der Waals surface area contributed by atoms with E-state index < -0.39 is 10.0 Å². The van der Waals surface area contributed by atoms with Crippen LogP contribution in [-0.2, 0) is 10.0 Å². The van der Waals surface area contributed by atoms with Gasteiger partial charge in [0, 0.05) is 11.4 Å². The van der Waals surface area contributed by atoms with E-state index in [1.54, 1.807) is 53.9 Å². The minimum atomic E-state index is -3.54. The Morgan fingerprint density at radius 2 is 1.58 bits per heavy atom. The summed E-state index contributed by atoms with van der Waals surface area (Å²) >= 11 is 13.3. The molecule has 4 nitrogen and oxygen atoms in total. The van der Waals surface area contributed by atoms with Crippen molar-refractivity contribution in [3.63, 3.8) is 0 Å². The van der Waals surface area contributed by atoms with E-state index in [9.17, 15) is 8.42 Å². The van der Waals surface area contributed by atoms with Crippen LogP contribution < -0.4 is 10.0 Å². The number of sulfonamides is 1. The summed E-state index contributed by atoms with van der Waals surface area (Å²) in [6.45, 7) is 0. The molecule has 0 saturated heterocycles. The first-order valence-corrected chi connectivity index (χ1v) is 9.95. The maximum absolute atomic E-state index is 12.2. The standard InChI is InChI=1S/C16H12Cl2N2O2S2/c17-13-3-1-4-14(16(13)18)19-11-6-8-12(9-7-11)20-24(21,22)15-5-2-10-23-15/h1-10,19-20H. The zero-order valence-electron chi connectivity index (χ0n) is 12.2. The lowest BCUT2D eigenvalue weighted by atomic mass is 10.2. The van der Waals surface area contributed by atoms with Crippen molar-refractivity contribution in [2.75, 3.05) is 10.0 Å². The van der Waals surface area contributed by atoms with Crippen molar-refractivity contribution in [1.29, 1.82) is 0 Å². The fraction of sp³-hybridized carbons (Fsp3) is 0. The first kappa shape index (κ1) is 17.1. The molecule has 0 spiro atoms. The van der Waals surface area contributed by atoms with E-state index in [-0.39, 0.29) is 4.21 Å². The van der Waals surface area contributed by atoms with Gasteiger partial charge in [0.2, 0.25) is 0 Å². The fourth-order valence-corrected chi connectivity index (χ4v) is 4.40. The van der Waals surface area contributed by atoms with E-state index in [1.807, 2.05) is 6.07 Å². The van der Waals surface area contributed by atoms with Gasteiger partial charge in [0.1, 0.15) is 4.21 Å². The second-order valence-electron chi connectivity index (χ2n) is 4.84. The summed E-state index contributed by atoms with van der Waals surface area (Å²) in [5.74, 6) is 0. The fourth-order valence-electron chi connectivity index (χ4n) is 2.00. The molecule has 0 aliphatic heterocycles. The molecule has 2 N–H and O–H groups in total. The van der Waals surface area contributed by atoms with Crippen LogP contribution in [0.3, 0.4) is 0 Å². The highest BCUT2D eigenvalue weighted by Gasteiger charge is 2.14. The first-order chi connectivity index (χ1) is 11.5. The minimum Gasteiger partial charge on any atom is -0.354 e. The molecule has 0 saturated carbocycles. The maximum Gasteiger partial charge on any atom is 0.271 e. The van der Waals surface area contributed by atoms with Crippen molar-refractivity contribution < 1.29 is 8.42 Å². The largest absolute Gasteiger partial charge is 0.354 e. The molecule has 0 amide bonds. The Kier molecular flexibility index (Phi) is 5.01. The predicted molar refractivity (Wildman–Crippen MR) is 101 cm³/mol. The number of anilines is 3. The molecule has 0 fully saturated rings. The molecule has 1 heterocycles. The van der Waals surface area contributed by atoms with Crippen molar-refractivity contribution >= 4 is 61.6 Å². The van der Waals surface area contributed by atoms with Crippen LogP contribution >= 0.6 is 34.5 Å². The zero-order valence-corrected chi connectivity index (χ0v) is 15.3. The Morgan fingerprint density at radius 3 is 2.25 bits per heavy atom. The highest BCUT2D eigenvalue weighted by Crippen LogP contribution is 2.32. The van der Waals surface area contributed by atoms with Crippen LogP contribution in [0.2, 0.25) is 10.0 Å². The van der Waals surface area contributed by atoms with E-state index in [4.69, 9.17) is 23.2 Å². The molecule has 3 rings (SSSR count). The van der Waals surface area contributed by atoms with Crippen molar-refractivity contribution in [1.82, 2.24) is 0 Å². The molecule has 8 heteroatoms. The monoisotopic (exact) mass is 398 g/mol. The Morgan fingerprint density at radius 1 is 0.875 bits per heavy atom. The molecule has 124 valence electrons. The van der Waals surface area contributed by atoms with Gasteiger partial charge in [-0.05, 0) is 47.8 Å². The van der Waals surface area contributed by atoms with Crippen LogP contribution in [0.1, 0.15) is 0 Å². The van der Waals surface area contributed by atoms with Crippen LogP contribution in [0.5, 0.6) is 0 Å². The van der Waals surface area contributed by atoms with Gasteiger partial charge in [0.05, 0.1) is 15.7 Å². The van der Waals surface area contributed by atoms with E-state index in [2.05, 4.69) is 10.0 Å². The van der Waals surface area contributed by atoms with Gasteiger partial charge in [0.25, 0.3) is 10.0 Å². The lowest BCUT2D eigenvalue weighted by molar-refractivity contribution is 0.603. The molecule has 24 heavy (non-hydrogen) atoms. The van der Waals surface area contributed by atoms with Crippen molar-refractivity contribution in [2.24, 2.45) is 0 Å². The summed E-state index contributed by atoms with van der Waals surface area (Å²) in [7, 11) is -3.54. The maximum atomic E-state index is 12.2. The molecule has 2 aromatic carbocycles. The van der Waals surface area contributed by atoms with Crippen LogP contribution in [0.25, 0.3) is 0 Å². The van der Waals surface area contributed by atoms with Crippen LogP contribution in [-0.4, -0.2) is 8.42 Å². The second kappa shape index (κ2) is 7.03. The number of thiophene rings is 1. The molecule has 0 bridgehead atoms. The van der Waals surface area contributed by atoms with Crippen molar-refractivity contribution in [2.45, 2.75) is 4.21 Å². The third-order valence-electron chi connectivity index (χ3n) is 3.13. The molecule has 0 atom stereocenters. The van der Waals surface area contributed by atoms with Crippen LogP contribution in [0.15, 0.2) is 64.2 Å². The van der Waals surface area contributed by atoms with Gasteiger partial charge in [0.15, 0.2) is 0 Å². The third-order valence-corrected chi connectivity index (χ3v) is 6.73. The smallest absolute Gasteiger partial charge is 0.271 e. The average Bonchev–Trinajstić information content (AvgIpc) is 3.09. The van der Waals surface area contributed by atoms with Crippen molar-refractivity contribution in [3.8, 4) is 0 Å². The highest BCUT2D eigenvalue weighted by atomic mass is 35.5. The average molecular weight is 399 g/mol. The molecule has 0 aliphatic rings. The van der Waals surface area contributed by atoms with Gasteiger partial charge >= 0.3 is 0 Å². The summed E-state index contributed by atoms with van der Waals surface area (Å²) in [4.78, 5) is 0. The molecule has 0 unspecified atom stereocenters. The van der Waals surface area contributed by atoms with Gasteiger partial charge < -0.3 is 5.32 Å². The Bertz CT molecular complexity index is 941. The van der Waals surface area contributed by atoms with Crippen LogP contribution in [0.4, 0.5) is 17.1 Å². The molecule has 0 radical (unpaired) electrons. The Hall–Kier alpha value is -1.73. The van der Waals surface area contributed by atoms with Gasteiger partial charge in [-0.3, -0.25) is 4.72 Å². The number of benzene rings is 2. The SMILES string of the molecule is O=S(=O)(Nc1ccc(Nc2cccc(Cl)c2Cl)cc1)c1cccs1. The van der Waals surface area contributed by atoms with E-state index >= 15 is 0 Å². The summed E-state index contributed by atoms with van der Waals surface area (Å²) in [6, 6.07) is 15.4. The quantitative estimate of drug-likeness (QED) is 0.587. The summed E-state index contributed by atoms with van der Waals surface area (Å²) < 4.78 is 27.2. The van der Waals surface area contributed by atoms with Gasteiger partial charge in [-0.15, -0.1) is 11.3 Å². The zero-order chi connectivity index (χ0) is 17.2. The number of nitrogens with one attached hydrogen (secondary N) is 2. The summed E-state index contributed by atoms with van der Waals surface area (Å²) in [5.41, 5.74) is 1.92. The minimum absolute atomic E-state index is 0.274. The lowest BCUT2D eigenvalue weighted by Gasteiger charge is -2.11. The molecular weight excluding hydrogens is 387 g/mol. The molecule has 0 aliphatic carbocycles. The van der Waals surface area contributed by atoms with Crippen LogP contribution in [0, 0.1) is 0 Å². The summed E-state index contributed by atoms with van der Waals surface area (Å²) in [5, 5.41) is 5.75. The molecule has 3 aromatic rings. The number of hydrogen-bond acceptors (Lipinski definition) is 4. The normalized spacial score (nSPS) is 11.2. The van der Waals surface area contributed by atoms with Gasteiger partial charge in [-0.25, -0.2) is 8.42 Å².